The summed E-state index contributed by atoms with van der Waals surface area (Å²) in [6.45, 7) is 12.4. The average Bonchev–Trinajstić information content (AvgIpc) is 3.13. The number of nitrogens with zero attached hydrogens (tertiary/aromatic N) is 4. The molecule has 2 fully saturated rings. The summed E-state index contributed by atoms with van der Waals surface area (Å²) >= 11 is 0. The van der Waals surface area contributed by atoms with E-state index >= 15 is 0 Å². The number of guanidine groups is 1. The Balaban J connectivity index is 0.00000306. The molecule has 2 unspecified atom stereocenters. The largest absolute Gasteiger partial charge is 0.361 e. The number of hydrogen-bond acceptors (Lipinski definition) is 4. The molecule has 0 amide bonds. The molecule has 0 radical (unpaired) electrons. The highest BCUT2D eigenvalue weighted by Gasteiger charge is 2.36. The van der Waals surface area contributed by atoms with Gasteiger partial charge in [-0.25, -0.2) is 0 Å². The van der Waals surface area contributed by atoms with E-state index in [0.29, 0.717) is 6.04 Å². The predicted molar refractivity (Wildman–Crippen MR) is 145 cm³/mol. The minimum Gasteiger partial charge on any atom is -0.361 e. The summed E-state index contributed by atoms with van der Waals surface area (Å²) in [5, 5.41) is 7.62. The normalized spacial score (nSPS) is 21.4. The van der Waals surface area contributed by atoms with Crippen LogP contribution in [-0.2, 0) is 13.0 Å². The van der Waals surface area contributed by atoms with Crippen LogP contribution in [0.25, 0.3) is 0 Å². The van der Waals surface area contributed by atoms with E-state index in [4.69, 9.17) is 9.52 Å². The lowest BCUT2D eigenvalue weighted by molar-refractivity contribution is 0.0372. The zero-order valence-corrected chi connectivity index (χ0v) is 22.8. The Morgan fingerprint density at radius 2 is 2.00 bits per heavy atom. The minimum absolute atomic E-state index is 0. The summed E-state index contributed by atoms with van der Waals surface area (Å²) in [6.07, 6.45) is 5.84. The van der Waals surface area contributed by atoms with Gasteiger partial charge in [0.05, 0.1) is 5.69 Å². The topological polar surface area (TPSA) is 56.9 Å². The first-order valence-electron chi connectivity index (χ1n) is 12.4. The average molecular weight is 566 g/mol. The lowest BCUT2D eigenvalue weighted by atomic mass is 9.83. The van der Waals surface area contributed by atoms with Gasteiger partial charge in [0.25, 0.3) is 0 Å². The van der Waals surface area contributed by atoms with E-state index in [1.165, 1.54) is 36.9 Å². The molecule has 182 valence electrons. The van der Waals surface area contributed by atoms with E-state index in [9.17, 15) is 0 Å². The molecule has 0 spiro atoms. The number of fused-ring (bicyclic) bond motifs is 1. The Bertz CT molecular complexity index is 865. The van der Waals surface area contributed by atoms with Crippen LogP contribution in [0.3, 0.4) is 0 Å². The van der Waals surface area contributed by atoms with Crippen LogP contribution >= 0.6 is 24.0 Å². The third-order valence-corrected chi connectivity index (χ3v) is 7.07. The smallest absolute Gasteiger partial charge is 0.193 e. The fraction of sp³-hybridized carbons (Fsp3) is 0.615. The minimum atomic E-state index is 0. The van der Waals surface area contributed by atoms with Crippen LogP contribution in [0, 0.1) is 19.8 Å². The zero-order valence-electron chi connectivity index (χ0n) is 20.4. The first-order valence-corrected chi connectivity index (χ1v) is 12.4. The molecule has 6 nitrogen and oxygen atoms in total. The highest BCUT2D eigenvalue weighted by Crippen LogP contribution is 2.31. The molecule has 7 heteroatoms. The van der Waals surface area contributed by atoms with Crippen LogP contribution in [0.5, 0.6) is 0 Å². The molecule has 2 saturated heterocycles. The summed E-state index contributed by atoms with van der Waals surface area (Å²) in [7, 11) is 0. The fourth-order valence-corrected chi connectivity index (χ4v) is 5.44. The fourth-order valence-electron chi connectivity index (χ4n) is 5.44. The van der Waals surface area contributed by atoms with Crippen molar-refractivity contribution in [1.82, 2.24) is 20.3 Å². The standard InChI is InChI=1S/C26H39N5O.HI/c1-4-27-26(28-15-8-13-24-20(2)29-32-21(24)3)31-17-14-25-23(19-31)12-9-16-30(25)18-22-10-6-5-7-11-22;/h5-7,10-11,23,25H,4,8-9,12-19H2,1-3H3,(H,27,28);1H. The summed E-state index contributed by atoms with van der Waals surface area (Å²) < 4.78 is 5.29. The molecule has 2 aliphatic rings. The molecule has 2 aromatic rings. The van der Waals surface area contributed by atoms with Crippen molar-refractivity contribution in [2.45, 2.75) is 65.5 Å². The molecular weight excluding hydrogens is 525 g/mol. The SMILES string of the molecule is CCNC(=NCCCc1c(C)noc1C)N1CCC2C(CCCN2Cc2ccccc2)C1.I. The van der Waals surface area contributed by atoms with Crippen LogP contribution in [0.15, 0.2) is 39.8 Å². The molecule has 0 aliphatic carbocycles. The summed E-state index contributed by atoms with van der Waals surface area (Å²) in [4.78, 5) is 10.2. The molecule has 4 rings (SSSR count). The Kier molecular flexibility index (Phi) is 10.0. The maximum Gasteiger partial charge on any atom is 0.193 e. The zero-order chi connectivity index (χ0) is 22.3. The second-order valence-electron chi connectivity index (χ2n) is 9.30. The Hall–Kier alpha value is -1.61. The molecule has 1 N–H and O–H groups in total. The van der Waals surface area contributed by atoms with Crippen LogP contribution in [0.4, 0.5) is 0 Å². The second-order valence-corrected chi connectivity index (χ2v) is 9.30. The van der Waals surface area contributed by atoms with Gasteiger partial charge in [0.2, 0.25) is 0 Å². The Morgan fingerprint density at radius 3 is 2.73 bits per heavy atom. The van der Waals surface area contributed by atoms with Crippen molar-refractivity contribution in [3.8, 4) is 0 Å². The van der Waals surface area contributed by atoms with Crippen molar-refractivity contribution >= 4 is 29.9 Å². The monoisotopic (exact) mass is 565 g/mol. The van der Waals surface area contributed by atoms with E-state index in [0.717, 1.165) is 68.9 Å². The van der Waals surface area contributed by atoms with Gasteiger partial charge in [-0.1, -0.05) is 35.5 Å². The predicted octanol–water partition coefficient (Wildman–Crippen LogP) is 4.79. The Labute approximate surface area is 216 Å². The summed E-state index contributed by atoms with van der Waals surface area (Å²) in [6, 6.07) is 11.6. The molecule has 0 bridgehead atoms. The lowest BCUT2D eigenvalue weighted by Crippen LogP contribution is -2.56. The molecule has 1 aromatic heterocycles. The van der Waals surface area contributed by atoms with Crippen LogP contribution in [-0.4, -0.2) is 59.7 Å². The number of nitrogens with one attached hydrogen (secondary N) is 1. The number of aryl methyl sites for hydroxylation is 2. The van der Waals surface area contributed by atoms with Gasteiger partial charge in [-0.05, 0) is 70.9 Å². The van der Waals surface area contributed by atoms with Crippen LogP contribution < -0.4 is 5.32 Å². The van der Waals surface area contributed by atoms with Crippen molar-refractivity contribution in [2.75, 3.05) is 32.7 Å². The Morgan fingerprint density at radius 1 is 1.18 bits per heavy atom. The van der Waals surface area contributed by atoms with E-state index in [-0.39, 0.29) is 24.0 Å². The summed E-state index contributed by atoms with van der Waals surface area (Å²) in [5.74, 6) is 2.76. The highest BCUT2D eigenvalue weighted by molar-refractivity contribution is 14.0. The molecule has 1 aromatic carbocycles. The van der Waals surface area contributed by atoms with Crippen molar-refractivity contribution in [2.24, 2.45) is 10.9 Å². The van der Waals surface area contributed by atoms with Gasteiger partial charge >= 0.3 is 0 Å². The third kappa shape index (κ3) is 6.72. The van der Waals surface area contributed by atoms with Crippen molar-refractivity contribution in [1.29, 1.82) is 0 Å². The maximum atomic E-state index is 5.29. The number of aromatic nitrogens is 1. The number of hydrogen-bond donors (Lipinski definition) is 1. The third-order valence-electron chi connectivity index (χ3n) is 7.07. The van der Waals surface area contributed by atoms with Crippen LogP contribution in [0.1, 0.15) is 55.2 Å². The van der Waals surface area contributed by atoms with Gasteiger partial charge in [-0.15, -0.1) is 24.0 Å². The number of rotatable bonds is 7. The van der Waals surface area contributed by atoms with Gasteiger partial charge in [-0.2, -0.15) is 0 Å². The van der Waals surface area contributed by atoms with Gasteiger partial charge in [0.1, 0.15) is 5.76 Å². The van der Waals surface area contributed by atoms with E-state index in [1.54, 1.807) is 0 Å². The molecule has 2 atom stereocenters. The first kappa shape index (κ1) is 26.0. The van der Waals surface area contributed by atoms with Crippen LogP contribution in [0.2, 0.25) is 0 Å². The molecule has 2 aliphatic heterocycles. The number of benzene rings is 1. The van der Waals surface area contributed by atoms with Crippen molar-refractivity contribution < 1.29 is 4.52 Å². The van der Waals surface area contributed by atoms with Gasteiger partial charge in [-0.3, -0.25) is 9.89 Å². The van der Waals surface area contributed by atoms with E-state index < -0.39 is 0 Å². The lowest BCUT2D eigenvalue weighted by Gasteiger charge is -2.48. The van der Waals surface area contributed by atoms with Gasteiger partial charge < -0.3 is 14.7 Å². The maximum absolute atomic E-state index is 5.29. The molecular formula is C26H40IN5O. The first-order chi connectivity index (χ1) is 15.7. The van der Waals surface area contributed by atoms with Crippen molar-refractivity contribution in [3.63, 3.8) is 0 Å². The molecule has 0 saturated carbocycles. The quantitative estimate of drug-likeness (QED) is 0.227. The number of aliphatic imine (C=N–C) groups is 1. The van der Waals surface area contributed by atoms with Crippen molar-refractivity contribution in [3.05, 3.63) is 52.9 Å². The number of halogens is 1. The second kappa shape index (κ2) is 12.7. The van der Waals surface area contributed by atoms with Gasteiger partial charge in [0, 0.05) is 44.3 Å². The number of piperidine rings is 2. The van der Waals surface area contributed by atoms with E-state index in [1.807, 2.05) is 13.8 Å². The van der Waals surface area contributed by atoms with E-state index in [2.05, 4.69) is 57.5 Å². The molecule has 33 heavy (non-hydrogen) atoms. The summed E-state index contributed by atoms with van der Waals surface area (Å²) in [5.41, 5.74) is 3.69. The van der Waals surface area contributed by atoms with Gasteiger partial charge in [0.15, 0.2) is 5.96 Å². The molecule has 3 heterocycles. The highest BCUT2D eigenvalue weighted by atomic mass is 127. The number of likely N-dealkylation sites (tertiary alicyclic amines) is 2.